The zero-order valence-corrected chi connectivity index (χ0v) is 11.9. The molecule has 0 N–H and O–H groups in total. The van der Waals surface area contributed by atoms with Crippen molar-refractivity contribution in [3.05, 3.63) is 76.1 Å². The third-order valence-corrected chi connectivity index (χ3v) is 3.00. The maximum Gasteiger partial charge on any atom is 0.331 e. The van der Waals surface area contributed by atoms with Crippen LogP contribution in [0.5, 0.6) is 0 Å². The molecule has 1 aromatic carbocycles. The molecule has 0 bridgehead atoms. The van der Waals surface area contributed by atoms with Crippen LogP contribution >= 0.6 is 0 Å². The molecule has 0 aliphatic rings. The number of rotatable bonds is 5. The van der Waals surface area contributed by atoms with Crippen LogP contribution in [0, 0.1) is 10.1 Å². The van der Waals surface area contributed by atoms with Crippen molar-refractivity contribution >= 4 is 17.7 Å². The molecule has 0 spiro atoms. The highest BCUT2D eigenvalue weighted by Crippen LogP contribution is 2.20. The number of nitro groups is 1. The Morgan fingerprint density at radius 2 is 1.95 bits per heavy atom. The van der Waals surface area contributed by atoms with Crippen molar-refractivity contribution < 1.29 is 14.5 Å². The summed E-state index contributed by atoms with van der Waals surface area (Å²) in [5, 5.41) is 10.9. The molecule has 1 unspecified atom stereocenters. The summed E-state index contributed by atoms with van der Waals surface area (Å²) in [5.41, 5.74) is 1.11. The summed E-state index contributed by atoms with van der Waals surface area (Å²) in [6.45, 7) is 1.74. The summed E-state index contributed by atoms with van der Waals surface area (Å²) in [4.78, 5) is 26.1. The number of benzene rings is 1. The Hall–Kier alpha value is -3.02. The number of nitrogens with zero attached hydrogens (tertiary/aromatic N) is 2. The van der Waals surface area contributed by atoms with Crippen molar-refractivity contribution in [2.75, 3.05) is 0 Å². The van der Waals surface area contributed by atoms with E-state index >= 15 is 0 Å². The van der Waals surface area contributed by atoms with Crippen LogP contribution in [0.2, 0.25) is 0 Å². The number of pyridine rings is 1. The average molecular weight is 298 g/mol. The molecule has 0 saturated heterocycles. The summed E-state index contributed by atoms with van der Waals surface area (Å²) in [6, 6.07) is 9.68. The number of nitro benzene ring substituents is 1. The standard InChI is InChI=1S/C16H14N2O4/c1-12(13-8-10-17-11-9-13)22-16(19)7-6-14-4-2-3-5-15(14)18(20)21/h2-12H,1H3/b7-6+. The highest BCUT2D eigenvalue weighted by molar-refractivity contribution is 5.88. The topological polar surface area (TPSA) is 82.3 Å². The van der Waals surface area contributed by atoms with Crippen LogP contribution in [0.15, 0.2) is 54.9 Å². The molecule has 0 aliphatic carbocycles. The first kappa shape index (κ1) is 15.4. The van der Waals surface area contributed by atoms with E-state index in [-0.39, 0.29) is 5.69 Å². The van der Waals surface area contributed by atoms with E-state index in [4.69, 9.17) is 4.74 Å². The van der Waals surface area contributed by atoms with Crippen LogP contribution < -0.4 is 0 Å². The zero-order valence-electron chi connectivity index (χ0n) is 11.9. The van der Waals surface area contributed by atoms with Gasteiger partial charge in [-0.05, 0) is 36.8 Å². The first-order chi connectivity index (χ1) is 10.6. The third kappa shape index (κ3) is 3.99. The average Bonchev–Trinajstić information content (AvgIpc) is 2.54. The fourth-order valence-corrected chi connectivity index (χ4v) is 1.87. The summed E-state index contributed by atoms with van der Waals surface area (Å²) in [7, 11) is 0. The van der Waals surface area contributed by atoms with Gasteiger partial charge in [0.1, 0.15) is 6.10 Å². The molecule has 2 rings (SSSR count). The van der Waals surface area contributed by atoms with E-state index in [1.807, 2.05) is 0 Å². The van der Waals surface area contributed by atoms with Crippen LogP contribution in [0.3, 0.4) is 0 Å². The Balaban J connectivity index is 2.05. The number of carbonyl (C=O) groups is 1. The molecule has 0 radical (unpaired) electrons. The van der Waals surface area contributed by atoms with Crippen molar-refractivity contribution in [3.63, 3.8) is 0 Å². The van der Waals surface area contributed by atoms with Gasteiger partial charge in [0.05, 0.1) is 10.5 Å². The lowest BCUT2D eigenvalue weighted by atomic mass is 10.1. The van der Waals surface area contributed by atoms with Gasteiger partial charge in [0.15, 0.2) is 0 Å². The van der Waals surface area contributed by atoms with Gasteiger partial charge in [0.2, 0.25) is 0 Å². The second-order valence-corrected chi connectivity index (χ2v) is 4.51. The Bertz CT molecular complexity index is 698. The molecule has 0 saturated carbocycles. The Kier molecular flexibility index (Phi) is 4.98. The van der Waals surface area contributed by atoms with Gasteiger partial charge in [0, 0.05) is 24.5 Å². The molecule has 1 heterocycles. The second-order valence-electron chi connectivity index (χ2n) is 4.51. The molecule has 6 heteroatoms. The van der Waals surface area contributed by atoms with Crippen molar-refractivity contribution in [2.45, 2.75) is 13.0 Å². The molecular weight excluding hydrogens is 284 g/mol. The Morgan fingerprint density at radius 1 is 1.27 bits per heavy atom. The van der Waals surface area contributed by atoms with Crippen LogP contribution in [0.4, 0.5) is 5.69 Å². The van der Waals surface area contributed by atoms with E-state index in [1.54, 1.807) is 49.6 Å². The van der Waals surface area contributed by atoms with Crippen LogP contribution in [-0.4, -0.2) is 15.9 Å². The first-order valence-electron chi connectivity index (χ1n) is 6.60. The predicted octanol–water partition coefficient (Wildman–Crippen LogP) is 3.31. The maximum absolute atomic E-state index is 11.8. The van der Waals surface area contributed by atoms with Crippen LogP contribution in [-0.2, 0) is 9.53 Å². The van der Waals surface area contributed by atoms with Crippen molar-refractivity contribution in [3.8, 4) is 0 Å². The third-order valence-electron chi connectivity index (χ3n) is 3.00. The largest absolute Gasteiger partial charge is 0.455 e. The number of carbonyl (C=O) groups excluding carboxylic acids is 1. The fraction of sp³-hybridized carbons (Fsp3) is 0.125. The highest BCUT2D eigenvalue weighted by Gasteiger charge is 2.12. The molecule has 112 valence electrons. The monoisotopic (exact) mass is 298 g/mol. The lowest BCUT2D eigenvalue weighted by Crippen LogP contribution is -2.06. The number of para-hydroxylation sites is 1. The summed E-state index contributed by atoms with van der Waals surface area (Å²) >= 11 is 0. The number of hydrogen-bond acceptors (Lipinski definition) is 5. The lowest BCUT2D eigenvalue weighted by Gasteiger charge is -2.11. The minimum absolute atomic E-state index is 0.0614. The van der Waals surface area contributed by atoms with Gasteiger partial charge in [-0.2, -0.15) is 0 Å². The fourth-order valence-electron chi connectivity index (χ4n) is 1.87. The molecule has 1 aromatic heterocycles. The van der Waals surface area contributed by atoms with Crippen LogP contribution in [0.1, 0.15) is 24.2 Å². The van der Waals surface area contributed by atoms with E-state index < -0.39 is 17.0 Å². The minimum atomic E-state index is -0.567. The Morgan fingerprint density at radius 3 is 2.64 bits per heavy atom. The maximum atomic E-state index is 11.8. The normalized spacial score (nSPS) is 12.0. The molecule has 6 nitrogen and oxygen atoms in total. The summed E-state index contributed by atoms with van der Waals surface area (Å²) in [6.07, 6.45) is 5.36. The summed E-state index contributed by atoms with van der Waals surface area (Å²) in [5.74, 6) is -0.567. The highest BCUT2D eigenvalue weighted by atomic mass is 16.6. The van der Waals surface area contributed by atoms with E-state index in [9.17, 15) is 14.9 Å². The minimum Gasteiger partial charge on any atom is -0.455 e. The van der Waals surface area contributed by atoms with Crippen molar-refractivity contribution in [1.82, 2.24) is 4.98 Å². The second kappa shape index (κ2) is 7.12. The van der Waals surface area contributed by atoms with E-state index in [1.165, 1.54) is 18.2 Å². The molecule has 0 fully saturated rings. The quantitative estimate of drug-likeness (QED) is 0.366. The van der Waals surface area contributed by atoms with E-state index in [0.717, 1.165) is 5.56 Å². The zero-order chi connectivity index (χ0) is 15.9. The van der Waals surface area contributed by atoms with Crippen molar-refractivity contribution in [2.24, 2.45) is 0 Å². The molecule has 22 heavy (non-hydrogen) atoms. The van der Waals surface area contributed by atoms with Gasteiger partial charge in [-0.3, -0.25) is 15.1 Å². The van der Waals surface area contributed by atoms with Gasteiger partial charge in [-0.15, -0.1) is 0 Å². The molecule has 0 aliphatic heterocycles. The Labute approximate surface area is 127 Å². The van der Waals surface area contributed by atoms with Gasteiger partial charge in [0.25, 0.3) is 5.69 Å². The van der Waals surface area contributed by atoms with Crippen molar-refractivity contribution in [1.29, 1.82) is 0 Å². The SMILES string of the molecule is CC(OC(=O)/C=C/c1ccccc1[N+](=O)[O-])c1ccncc1. The summed E-state index contributed by atoms with van der Waals surface area (Å²) < 4.78 is 5.24. The lowest BCUT2D eigenvalue weighted by molar-refractivity contribution is -0.385. The van der Waals surface area contributed by atoms with Gasteiger partial charge < -0.3 is 4.74 Å². The van der Waals surface area contributed by atoms with Gasteiger partial charge in [-0.1, -0.05) is 12.1 Å². The number of esters is 1. The van der Waals surface area contributed by atoms with Gasteiger partial charge >= 0.3 is 5.97 Å². The number of ether oxygens (including phenoxy) is 1. The first-order valence-corrected chi connectivity index (χ1v) is 6.60. The molecular formula is C16H14N2O4. The molecule has 2 aromatic rings. The smallest absolute Gasteiger partial charge is 0.331 e. The van der Waals surface area contributed by atoms with E-state index in [2.05, 4.69) is 4.98 Å². The predicted molar refractivity (Wildman–Crippen MR) is 80.9 cm³/mol. The van der Waals surface area contributed by atoms with Gasteiger partial charge in [-0.25, -0.2) is 4.79 Å². The number of aromatic nitrogens is 1. The van der Waals surface area contributed by atoms with Crippen LogP contribution in [0.25, 0.3) is 6.08 Å². The molecule has 1 atom stereocenters. The molecule has 0 amide bonds. The van der Waals surface area contributed by atoms with E-state index in [0.29, 0.717) is 5.56 Å². The number of hydrogen-bond donors (Lipinski definition) is 0.